The minimum absolute atomic E-state index is 0.147. The number of piperazine rings is 1. The van der Waals surface area contributed by atoms with E-state index in [4.69, 9.17) is 4.74 Å². The Labute approximate surface area is 195 Å². The number of rotatable bonds is 6. The predicted molar refractivity (Wildman–Crippen MR) is 133 cm³/mol. The number of carbonyl (C=O) groups is 1. The van der Waals surface area contributed by atoms with E-state index in [2.05, 4.69) is 22.9 Å². The maximum absolute atomic E-state index is 13.9. The molecule has 1 saturated heterocycles. The summed E-state index contributed by atoms with van der Waals surface area (Å²) in [6.07, 6.45) is 0. The topological polar surface area (TPSA) is 54.8 Å². The van der Waals surface area contributed by atoms with Gasteiger partial charge in [0, 0.05) is 31.6 Å². The number of aromatic nitrogens is 1. The summed E-state index contributed by atoms with van der Waals surface area (Å²) < 4.78 is 7.34. The van der Waals surface area contributed by atoms with Crippen LogP contribution in [-0.2, 0) is 11.3 Å². The molecular formula is C27H33N3O3. The number of anilines is 1. The van der Waals surface area contributed by atoms with Crippen LogP contribution in [0.1, 0.15) is 35.3 Å². The van der Waals surface area contributed by atoms with Gasteiger partial charge in [0.15, 0.2) is 0 Å². The third-order valence-corrected chi connectivity index (χ3v) is 6.15. The average Bonchev–Trinajstić information content (AvgIpc) is 2.80. The summed E-state index contributed by atoms with van der Waals surface area (Å²) in [5.41, 5.74) is 3.50. The lowest BCUT2D eigenvalue weighted by atomic mass is 10.0. The summed E-state index contributed by atoms with van der Waals surface area (Å²) in [7, 11) is 2.09. The molecule has 0 atom stereocenters. The number of hydrogen-bond donors (Lipinski definition) is 0. The molecule has 0 unspecified atom stereocenters. The van der Waals surface area contributed by atoms with Crippen molar-refractivity contribution >= 4 is 22.6 Å². The van der Waals surface area contributed by atoms with Crippen LogP contribution in [0.5, 0.6) is 0 Å². The third kappa shape index (κ3) is 4.96. The van der Waals surface area contributed by atoms with Crippen LogP contribution in [0.15, 0.2) is 53.3 Å². The molecule has 1 aromatic heterocycles. The monoisotopic (exact) mass is 447 g/mol. The number of fused-ring (bicyclic) bond motifs is 1. The van der Waals surface area contributed by atoms with Gasteiger partial charge in [0.05, 0.1) is 24.4 Å². The van der Waals surface area contributed by atoms with E-state index in [0.29, 0.717) is 12.2 Å². The first kappa shape index (κ1) is 23.1. The van der Waals surface area contributed by atoms with E-state index in [0.717, 1.165) is 48.2 Å². The van der Waals surface area contributed by atoms with Crippen molar-refractivity contribution in [2.24, 2.45) is 5.92 Å². The van der Waals surface area contributed by atoms with Gasteiger partial charge in [0.2, 0.25) is 0 Å². The van der Waals surface area contributed by atoms with Crippen molar-refractivity contribution < 1.29 is 9.53 Å². The first-order valence-corrected chi connectivity index (χ1v) is 11.7. The zero-order valence-corrected chi connectivity index (χ0v) is 20.0. The van der Waals surface area contributed by atoms with E-state index in [1.165, 1.54) is 0 Å². The first-order valence-electron chi connectivity index (χ1n) is 11.7. The summed E-state index contributed by atoms with van der Waals surface area (Å²) in [6, 6.07) is 16.0. The van der Waals surface area contributed by atoms with Crippen LogP contribution in [0.25, 0.3) is 10.9 Å². The largest absolute Gasteiger partial charge is 0.462 e. The number of aryl methyl sites for hydroxylation is 1. The van der Waals surface area contributed by atoms with Crippen molar-refractivity contribution in [3.63, 3.8) is 0 Å². The Hall–Kier alpha value is -3.12. The van der Waals surface area contributed by atoms with Crippen LogP contribution < -0.4 is 10.5 Å². The number of pyridine rings is 1. The van der Waals surface area contributed by atoms with Gasteiger partial charge >= 0.3 is 5.97 Å². The molecule has 174 valence electrons. The molecule has 0 aliphatic carbocycles. The minimum atomic E-state index is -0.534. The SMILES string of the molecule is Cc1ccc2c(c1)c(N1CCN(C)CC1)c(C(=O)OCC(C)C)c(=O)n2Cc1ccccc1. The summed E-state index contributed by atoms with van der Waals surface area (Å²) in [5.74, 6) is -0.344. The second-order valence-corrected chi connectivity index (χ2v) is 9.40. The van der Waals surface area contributed by atoms with Gasteiger partial charge in [-0.15, -0.1) is 0 Å². The Bertz CT molecular complexity index is 1190. The van der Waals surface area contributed by atoms with Crippen molar-refractivity contribution in [1.29, 1.82) is 0 Å². The minimum Gasteiger partial charge on any atom is -0.462 e. The van der Waals surface area contributed by atoms with Gasteiger partial charge in [0.1, 0.15) is 5.56 Å². The molecule has 0 N–H and O–H groups in total. The van der Waals surface area contributed by atoms with E-state index in [1.807, 2.05) is 63.2 Å². The molecule has 6 nitrogen and oxygen atoms in total. The Morgan fingerprint density at radius 2 is 1.73 bits per heavy atom. The van der Waals surface area contributed by atoms with Gasteiger partial charge in [-0.25, -0.2) is 4.79 Å². The molecule has 0 radical (unpaired) electrons. The lowest BCUT2D eigenvalue weighted by Gasteiger charge is -2.35. The van der Waals surface area contributed by atoms with Crippen LogP contribution in [0.3, 0.4) is 0 Å². The fraction of sp³-hybridized carbons (Fsp3) is 0.407. The molecule has 1 aliphatic rings. The van der Waals surface area contributed by atoms with Crippen LogP contribution in [0, 0.1) is 12.8 Å². The Morgan fingerprint density at radius 1 is 1.03 bits per heavy atom. The highest BCUT2D eigenvalue weighted by molar-refractivity contribution is 6.05. The van der Waals surface area contributed by atoms with Crippen LogP contribution in [-0.4, -0.2) is 55.3 Å². The number of nitrogens with zero attached hydrogens (tertiary/aromatic N) is 3. The van der Waals surface area contributed by atoms with Crippen molar-refractivity contribution in [1.82, 2.24) is 9.47 Å². The highest BCUT2D eigenvalue weighted by atomic mass is 16.5. The number of esters is 1. The first-order chi connectivity index (χ1) is 15.8. The molecule has 33 heavy (non-hydrogen) atoms. The number of hydrogen-bond acceptors (Lipinski definition) is 5. The Balaban J connectivity index is 1.95. The van der Waals surface area contributed by atoms with E-state index < -0.39 is 5.97 Å². The molecule has 4 rings (SSSR count). The smallest absolute Gasteiger partial charge is 0.345 e. The molecule has 3 aromatic rings. The van der Waals surface area contributed by atoms with E-state index >= 15 is 0 Å². The maximum Gasteiger partial charge on any atom is 0.345 e. The zero-order chi connectivity index (χ0) is 23.5. The normalized spacial score (nSPS) is 14.8. The summed E-state index contributed by atoms with van der Waals surface area (Å²) in [6.45, 7) is 9.96. The third-order valence-electron chi connectivity index (χ3n) is 6.15. The fourth-order valence-corrected chi connectivity index (χ4v) is 4.34. The van der Waals surface area contributed by atoms with Gasteiger partial charge in [-0.1, -0.05) is 55.8 Å². The molecule has 0 amide bonds. The molecule has 1 aliphatic heterocycles. The molecule has 2 aromatic carbocycles. The number of likely N-dealkylation sites (N-methyl/N-ethyl adjacent to an activating group) is 1. The van der Waals surface area contributed by atoms with Gasteiger partial charge in [-0.2, -0.15) is 0 Å². The molecule has 0 bridgehead atoms. The van der Waals surface area contributed by atoms with Crippen LogP contribution in [0.2, 0.25) is 0 Å². The van der Waals surface area contributed by atoms with Crippen molar-refractivity contribution in [3.8, 4) is 0 Å². The quantitative estimate of drug-likeness (QED) is 0.536. The second-order valence-electron chi connectivity index (χ2n) is 9.40. The molecule has 2 heterocycles. The number of ether oxygens (including phenoxy) is 1. The summed E-state index contributed by atoms with van der Waals surface area (Å²) >= 11 is 0. The van der Waals surface area contributed by atoms with E-state index in [-0.39, 0.29) is 23.6 Å². The molecule has 0 spiro atoms. The van der Waals surface area contributed by atoms with Gasteiger partial charge in [0.25, 0.3) is 5.56 Å². The standard InChI is InChI=1S/C27H33N3O3/c1-19(2)18-33-27(32)24-25(29-14-12-28(4)13-15-29)22-16-20(3)10-11-23(22)30(26(24)31)17-21-8-6-5-7-9-21/h5-11,16,19H,12-15,17-18H2,1-4H3. The van der Waals surface area contributed by atoms with Gasteiger partial charge in [-0.3, -0.25) is 4.79 Å². The number of benzene rings is 2. The van der Waals surface area contributed by atoms with E-state index in [1.54, 1.807) is 4.57 Å². The fourth-order valence-electron chi connectivity index (χ4n) is 4.34. The van der Waals surface area contributed by atoms with Crippen molar-refractivity contribution in [3.05, 3.63) is 75.6 Å². The number of carbonyl (C=O) groups excluding carboxylic acids is 1. The maximum atomic E-state index is 13.9. The average molecular weight is 448 g/mol. The lowest BCUT2D eigenvalue weighted by molar-refractivity contribution is 0.0457. The van der Waals surface area contributed by atoms with Crippen molar-refractivity contribution in [2.75, 3.05) is 44.7 Å². The predicted octanol–water partition coefficient (Wildman–Crippen LogP) is 3.92. The summed E-state index contributed by atoms with van der Waals surface area (Å²) in [5, 5.41) is 0.923. The zero-order valence-electron chi connectivity index (χ0n) is 20.0. The van der Waals surface area contributed by atoms with Gasteiger partial charge in [-0.05, 0) is 37.6 Å². The second kappa shape index (κ2) is 9.79. The van der Waals surface area contributed by atoms with E-state index in [9.17, 15) is 9.59 Å². The van der Waals surface area contributed by atoms with Crippen LogP contribution >= 0.6 is 0 Å². The molecule has 1 fully saturated rings. The summed E-state index contributed by atoms with van der Waals surface area (Å²) in [4.78, 5) is 31.7. The van der Waals surface area contributed by atoms with Crippen LogP contribution in [0.4, 0.5) is 5.69 Å². The highest BCUT2D eigenvalue weighted by Crippen LogP contribution is 2.31. The molecule has 6 heteroatoms. The highest BCUT2D eigenvalue weighted by Gasteiger charge is 2.29. The lowest BCUT2D eigenvalue weighted by Crippen LogP contribution is -2.46. The Morgan fingerprint density at radius 3 is 2.39 bits per heavy atom. The molecule has 0 saturated carbocycles. The van der Waals surface area contributed by atoms with Gasteiger partial charge < -0.3 is 19.1 Å². The molecular weight excluding hydrogens is 414 g/mol. The van der Waals surface area contributed by atoms with Crippen molar-refractivity contribution in [2.45, 2.75) is 27.3 Å². The Kier molecular flexibility index (Phi) is 6.84.